The number of alkyl halides is 3. The molecule has 156 valence electrons. The maximum atomic E-state index is 13.6. The van der Waals surface area contributed by atoms with E-state index in [1.807, 2.05) is 5.48 Å². The molecule has 0 bridgehead atoms. The van der Waals surface area contributed by atoms with Crippen molar-refractivity contribution in [3.63, 3.8) is 0 Å². The molecule has 0 aliphatic heterocycles. The first-order valence-corrected chi connectivity index (χ1v) is 8.33. The van der Waals surface area contributed by atoms with E-state index in [1.165, 1.54) is 19.1 Å². The van der Waals surface area contributed by atoms with Crippen LogP contribution in [0.3, 0.4) is 0 Å². The molecule has 2 rings (SSSR count). The van der Waals surface area contributed by atoms with Gasteiger partial charge in [-0.1, -0.05) is 35.0 Å². The van der Waals surface area contributed by atoms with Crippen molar-refractivity contribution >= 4 is 23.4 Å². The first-order chi connectivity index (χ1) is 13.6. The van der Waals surface area contributed by atoms with Gasteiger partial charge in [-0.2, -0.15) is 18.7 Å². The van der Waals surface area contributed by atoms with Gasteiger partial charge in [-0.25, -0.2) is 9.18 Å². The van der Waals surface area contributed by atoms with Gasteiger partial charge in [-0.05, 0) is 25.1 Å². The lowest BCUT2D eigenvalue weighted by Crippen LogP contribution is -2.26. The highest BCUT2D eigenvalue weighted by Crippen LogP contribution is 2.34. The van der Waals surface area contributed by atoms with Gasteiger partial charge >= 0.3 is 12.3 Å². The fourth-order valence-electron chi connectivity index (χ4n) is 2.20. The van der Waals surface area contributed by atoms with Crippen molar-refractivity contribution in [3.05, 3.63) is 63.9 Å². The van der Waals surface area contributed by atoms with E-state index in [1.54, 1.807) is 6.07 Å². The van der Waals surface area contributed by atoms with Gasteiger partial charge in [0.1, 0.15) is 12.4 Å². The van der Waals surface area contributed by atoms with E-state index in [2.05, 4.69) is 9.89 Å². The number of hydrogen-bond donors (Lipinski definition) is 1. The fourth-order valence-corrected chi connectivity index (χ4v) is 2.36. The number of rotatable bonds is 6. The summed E-state index contributed by atoms with van der Waals surface area (Å²) in [4.78, 5) is 21.0. The molecule has 0 heterocycles. The molecule has 29 heavy (non-hydrogen) atoms. The van der Waals surface area contributed by atoms with E-state index in [4.69, 9.17) is 21.3 Å². The van der Waals surface area contributed by atoms with E-state index in [-0.39, 0.29) is 16.5 Å². The predicted molar refractivity (Wildman–Crippen MR) is 96.0 cm³/mol. The zero-order valence-corrected chi connectivity index (χ0v) is 15.9. The maximum Gasteiger partial charge on any atom is 0.440 e. The number of carbonyl (C=O) groups is 1. The van der Waals surface area contributed by atoms with Crippen LogP contribution in [0.4, 0.5) is 22.4 Å². The van der Waals surface area contributed by atoms with Crippen molar-refractivity contribution in [2.75, 3.05) is 7.11 Å². The van der Waals surface area contributed by atoms with Crippen LogP contribution >= 0.6 is 11.6 Å². The van der Waals surface area contributed by atoms with E-state index in [9.17, 15) is 22.4 Å². The van der Waals surface area contributed by atoms with Crippen molar-refractivity contribution in [1.29, 1.82) is 0 Å². The van der Waals surface area contributed by atoms with Gasteiger partial charge < -0.3 is 14.4 Å². The molecule has 0 unspecified atom stereocenters. The largest absolute Gasteiger partial charge is 0.451 e. The molecule has 1 amide bonds. The van der Waals surface area contributed by atoms with Gasteiger partial charge in [0.05, 0.1) is 23.4 Å². The van der Waals surface area contributed by atoms with Gasteiger partial charge in [-0.3, -0.25) is 0 Å². The molecular formula is C18H15ClF4N2O4. The summed E-state index contributed by atoms with van der Waals surface area (Å²) in [6.07, 6.45) is -5.71. The molecule has 0 radical (unpaired) electrons. The summed E-state index contributed by atoms with van der Waals surface area (Å²) in [6.45, 7) is 0.932. The quantitative estimate of drug-likeness (QED) is 0.390. The first-order valence-electron chi connectivity index (χ1n) is 7.95. The number of hydrogen-bond acceptors (Lipinski definition) is 5. The maximum absolute atomic E-state index is 13.6. The highest BCUT2D eigenvalue weighted by Gasteiger charge is 2.36. The topological polar surface area (TPSA) is 69.2 Å². The molecule has 11 heteroatoms. The molecule has 0 aromatic heterocycles. The third-order valence-electron chi connectivity index (χ3n) is 3.58. The van der Waals surface area contributed by atoms with Crippen molar-refractivity contribution in [2.45, 2.75) is 19.7 Å². The standard InChI is InChI=1S/C18H15ClF4N2O4/c1-10(11-6-7-13(19)15(8-11)29-25-17(26)27-2)24-28-9-12-4-3-5-14(20)16(12)18(21,22)23/h3-8H,9H2,1-2H3,(H,25,26)/b24-10+. The van der Waals surface area contributed by atoms with Crippen LogP contribution in [-0.2, 0) is 22.4 Å². The van der Waals surface area contributed by atoms with Crippen molar-refractivity contribution < 1.29 is 36.8 Å². The summed E-state index contributed by atoms with van der Waals surface area (Å²) in [5, 5.41) is 3.92. The van der Waals surface area contributed by atoms with Crippen LogP contribution in [0.25, 0.3) is 0 Å². The average Bonchev–Trinajstić information content (AvgIpc) is 2.65. The number of benzene rings is 2. The second-order valence-electron chi connectivity index (χ2n) is 5.56. The Morgan fingerprint density at radius 1 is 1.24 bits per heavy atom. The minimum Gasteiger partial charge on any atom is -0.451 e. The van der Waals surface area contributed by atoms with Crippen LogP contribution in [0, 0.1) is 5.82 Å². The number of ether oxygens (including phenoxy) is 1. The Labute approximate surface area is 167 Å². The average molecular weight is 435 g/mol. The van der Waals surface area contributed by atoms with Crippen molar-refractivity contribution in [2.24, 2.45) is 5.16 Å². The zero-order chi connectivity index (χ0) is 21.6. The Hall–Kier alpha value is -3.01. The van der Waals surface area contributed by atoms with E-state index < -0.39 is 35.8 Å². The number of oxime groups is 1. The third-order valence-corrected chi connectivity index (χ3v) is 3.90. The molecule has 0 atom stereocenters. The number of methoxy groups -OCH3 is 1. The third kappa shape index (κ3) is 5.98. The molecule has 2 aromatic rings. The van der Waals surface area contributed by atoms with E-state index in [0.717, 1.165) is 25.3 Å². The molecule has 0 aliphatic carbocycles. The van der Waals surface area contributed by atoms with Gasteiger partial charge in [0.15, 0.2) is 5.75 Å². The summed E-state index contributed by atoms with van der Waals surface area (Å²) < 4.78 is 56.9. The van der Waals surface area contributed by atoms with Crippen LogP contribution in [0.15, 0.2) is 41.6 Å². The van der Waals surface area contributed by atoms with Crippen molar-refractivity contribution in [1.82, 2.24) is 5.48 Å². The van der Waals surface area contributed by atoms with Gasteiger partial charge in [0, 0.05) is 11.1 Å². The summed E-state index contributed by atoms with van der Waals surface area (Å²) in [7, 11) is 1.15. The fraction of sp³-hybridized carbons (Fsp3) is 0.222. The lowest BCUT2D eigenvalue weighted by Gasteiger charge is -2.13. The smallest absolute Gasteiger partial charge is 0.440 e. The number of nitrogens with one attached hydrogen (secondary N) is 1. The summed E-state index contributed by atoms with van der Waals surface area (Å²) in [5.41, 5.74) is 0.919. The molecule has 2 aromatic carbocycles. The van der Waals surface area contributed by atoms with Crippen LogP contribution in [0.2, 0.25) is 5.02 Å². The van der Waals surface area contributed by atoms with Crippen LogP contribution in [0.1, 0.15) is 23.6 Å². The highest BCUT2D eigenvalue weighted by molar-refractivity contribution is 6.32. The molecule has 0 saturated heterocycles. The van der Waals surface area contributed by atoms with Crippen LogP contribution in [-0.4, -0.2) is 18.9 Å². The molecule has 0 aliphatic rings. The Morgan fingerprint density at radius 2 is 1.97 bits per heavy atom. The summed E-state index contributed by atoms with van der Waals surface area (Å²) >= 11 is 5.96. The van der Waals surface area contributed by atoms with Gasteiger partial charge in [0.25, 0.3) is 0 Å². The minimum atomic E-state index is -4.86. The Kier molecular flexibility index (Phi) is 7.27. The Balaban J connectivity index is 2.13. The number of nitrogens with zero attached hydrogens (tertiary/aromatic N) is 1. The molecule has 6 nitrogen and oxygen atoms in total. The molecule has 0 spiro atoms. The second-order valence-corrected chi connectivity index (χ2v) is 5.97. The number of halogens is 5. The first kappa shape index (κ1) is 22.3. The summed E-state index contributed by atoms with van der Waals surface area (Å²) in [5.74, 6) is -1.31. The SMILES string of the molecule is COC(=O)NOc1cc(/C(C)=N/OCc2cccc(F)c2C(F)(F)F)ccc1Cl. The lowest BCUT2D eigenvalue weighted by molar-refractivity contribution is -0.141. The molecular weight excluding hydrogens is 420 g/mol. The summed E-state index contributed by atoms with van der Waals surface area (Å²) in [6, 6.07) is 7.40. The lowest BCUT2D eigenvalue weighted by atomic mass is 10.1. The monoisotopic (exact) mass is 434 g/mol. The van der Waals surface area contributed by atoms with E-state index >= 15 is 0 Å². The van der Waals surface area contributed by atoms with E-state index in [0.29, 0.717) is 5.56 Å². The normalized spacial score (nSPS) is 11.8. The molecule has 0 fully saturated rings. The molecule has 1 N–H and O–H groups in total. The number of amides is 1. The van der Waals surface area contributed by atoms with Gasteiger partial charge in [-0.15, -0.1) is 0 Å². The van der Waals surface area contributed by atoms with Crippen LogP contribution in [0.5, 0.6) is 5.75 Å². The Morgan fingerprint density at radius 3 is 2.62 bits per heavy atom. The highest BCUT2D eigenvalue weighted by atomic mass is 35.5. The predicted octanol–water partition coefficient (Wildman–Crippen LogP) is 5.09. The number of hydroxylamine groups is 1. The van der Waals surface area contributed by atoms with Gasteiger partial charge in [0.2, 0.25) is 0 Å². The second kappa shape index (κ2) is 9.46. The Bertz CT molecular complexity index is 919. The zero-order valence-electron chi connectivity index (χ0n) is 15.1. The number of carbonyl (C=O) groups excluding carboxylic acids is 1. The minimum absolute atomic E-state index is 0.0774. The van der Waals surface area contributed by atoms with Crippen molar-refractivity contribution in [3.8, 4) is 5.75 Å². The molecule has 0 saturated carbocycles. The van der Waals surface area contributed by atoms with Crippen LogP contribution < -0.4 is 10.3 Å².